The van der Waals surface area contributed by atoms with Crippen LogP contribution in [0.4, 0.5) is 0 Å². The molecule has 118 valence electrons. The van der Waals surface area contributed by atoms with Gasteiger partial charge in [0.15, 0.2) is 0 Å². The van der Waals surface area contributed by atoms with Crippen molar-refractivity contribution >= 4 is 5.91 Å². The average Bonchev–Trinajstić information content (AvgIpc) is 2.84. The Morgan fingerprint density at radius 1 is 1.27 bits per heavy atom. The fourth-order valence-electron chi connectivity index (χ4n) is 1.93. The lowest BCUT2D eigenvalue weighted by molar-refractivity contribution is 0.0937. The van der Waals surface area contributed by atoms with Gasteiger partial charge in [-0.25, -0.2) is 0 Å². The van der Waals surface area contributed by atoms with Crippen molar-refractivity contribution in [3.8, 4) is 5.75 Å². The molecule has 1 N–H and O–H groups in total. The van der Waals surface area contributed by atoms with E-state index >= 15 is 0 Å². The molecule has 2 aromatic rings. The van der Waals surface area contributed by atoms with Crippen LogP contribution in [0.3, 0.4) is 0 Å². The van der Waals surface area contributed by atoms with Gasteiger partial charge in [-0.3, -0.25) is 4.79 Å². The topological polar surface area (TPSA) is 73.6 Å². The first-order chi connectivity index (χ1) is 10.6. The van der Waals surface area contributed by atoms with Crippen molar-refractivity contribution in [1.29, 1.82) is 0 Å². The second-order valence-electron chi connectivity index (χ2n) is 4.86. The van der Waals surface area contributed by atoms with Crippen molar-refractivity contribution in [2.24, 2.45) is 0 Å². The number of amides is 1. The largest absolute Gasteiger partial charge is 0.489 e. The summed E-state index contributed by atoms with van der Waals surface area (Å²) in [5.41, 5.74) is 2.36. The molecule has 22 heavy (non-hydrogen) atoms. The van der Waals surface area contributed by atoms with Gasteiger partial charge in [0.1, 0.15) is 18.1 Å². The minimum Gasteiger partial charge on any atom is -0.489 e. The smallest absolute Gasteiger partial charge is 0.251 e. The highest BCUT2D eigenvalue weighted by Gasteiger charge is 2.10. The Balaban J connectivity index is 1.90. The summed E-state index contributed by atoms with van der Waals surface area (Å²) < 4.78 is 15.7. The summed E-state index contributed by atoms with van der Waals surface area (Å²) >= 11 is 0. The Labute approximate surface area is 129 Å². The number of benzene rings is 1. The zero-order chi connectivity index (χ0) is 15.9. The Morgan fingerprint density at radius 3 is 2.59 bits per heavy atom. The molecule has 0 fully saturated rings. The second kappa shape index (κ2) is 7.61. The van der Waals surface area contributed by atoms with Gasteiger partial charge in [0, 0.05) is 19.2 Å². The highest BCUT2D eigenvalue weighted by Crippen LogP contribution is 2.17. The van der Waals surface area contributed by atoms with E-state index in [0.717, 1.165) is 17.0 Å². The van der Waals surface area contributed by atoms with Crippen LogP contribution < -0.4 is 10.1 Å². The molecule has 1 aromatic carbocycles. The molecule has 6 heteroatoms. The third-order valence-electron chi connectivity index (χ3n) is 3.27. The van der Waals surface area contributed by atoms with E-state index in [4.69, 9.17) is 14.0 Å². The standard InChI is InChI=1S/C16H20N2O4/c1-11-15(12(2)22-18-11)10-21-14-6-4-13(5-7-14)16(19)17-8-9-20-3/h4-7H,8-10H2,1-3H3,(H,17,19). The van der Waals surface area contributed by atoms with E-state index in [1.54, 1.807) is 31.4 Å². The minimum atomic E-state index is -0.130. The molecule has 0 radical (unpaired) electrons. The molecule has 2 rings (SSSR count). The third kappa shape index (κ3) is 4.08. The number of nitrogens with zero attached hydrogens (tertiary/aromatic N) is 1. The number of nitrogens with one attached hydrogen (secondary N) is 1. The summed E-state index contributed by atoms with van der Waals surface area (Å²) in [6, 6.07) is 6.99. The summed E-state index contributed by atoms with van der Waals surface area (Å²) in [7, 11) is 1.59. The Morgan fingerprint density at radius 2 is 2.00 bits per heavy atom. The van der Waals surface area contributed by atoms with Crippen LogP contribution in [0.15, 0.2) is 28.8 Å². The quantitative estimate of drug-likeness (QED) is 0.794. The zero-order valence-electron chi connectivity index (χ0n) is 13.0. The maximum atomic E-state index is 11.8. The fraction of sp³-hybridized carbons (Fsp3) is 0.375. The Kier molecular flexibility index (Phi) is 5.55. The lowest BCUT2D eigenvalue weighted by atomic mass is 10.2. The van der Waals surface area contributed by atoms with Gasteiger partial charge in [-0.1, -0.05) is 5.16 Å². The SMILES string of the molecule is COCCNC(=O)c1ccc(OCc2c(C)noc2C)cc1. The molecule has 0 atom stereocenters. The first kappa shape index (κ1) is 16.0. The van der Waals surface area contributed by atoms with E-state index in [1.165, 1.54) is 0 Å². The van der Waals surface area contributed by atoms with Gasteiger partial charge in [0.25, 0.3) is 5.91 Å². The number of hydrogen-bond donors (Lipinski definition) is 1. The summed E-state index contributed by atoms with van der Waals surface area (Å²) in [5, 5.41) is 6.65. The van der Waals surface area contributed by atoms with E-state index < -0.39 is 0 Å². The molecule has 0 aliphatic carbocycles. The van der Waals surface area contributed by atoms with Crippen LogP contribution in [-0.2, 0) is 11.3 Å². The maximum Gasteiger partial charge on any atom is 0.251 e. The van der Waals surface area contributed by atoms with Crippen LogP contribution in [0.1, 0.15) is 27.4 Å². The molecule has 1 heterocycles. The van der Waals surface area contributed by atoms with Gasteiger partial charge < -0.3 is 19.3 Å². The molecule has 0 spiro atoms. The molecule has 6 nitrogen and oxygen atoms in total. The molecular formula is C16H20N2O4. The van der Waals surface area contributed by atoms with Gasteiger partial charge in [-0.2, -0.15) is 0 Å². The Bertz CT molecular complexity index is 600. The fourth-order valence-corrected chi connectivity index (χ4v) is 1.93. The van der Waals surface area contributed by atoms with Crippen molar-refractivity contribution in [3.05, 3.63) is 46.8 Å². The number of rotatable bonds is 7. The van der Waals surface area contributed by atoms with Crippen LogP contribution in [0.25, 0.3) is 0 Å². The molecule has 0 unspecified atom stereocenters. The summed E-state index contributed by atoms with van der Waals surface area (Å²) in [6.07, 6.45) is 0. The molecule has 1 amide bonds. The van der Waals surface area contributed by atoms with Gasteiger partial charge >= 0.3 is 0 Å². The van der Waals surface area contributed by atoms with Crippen molar-refractivity contribution in [3.63, 3.8) is 0 Å². The van der Waals surface area contributed by atoms with E-state index in [9.17, 15) is 4.79 Å². The second-order valence-corrected chi connectivity index (χ2v) is 4.86. The number of aromatic nitrogens is 1. The van der Waals surface area contributed by atoms with Crippen LogP contribution >= 0.6 is 0 Å². The molecule has 1 aromatic heterocycles. The van der Waals surface area contributed by atoms with Gasteiger partial charge in [0.05, 0.1) is 17.9 Å². The molecule has 0 aliphatic heterocycles. The number of carbonyl (C=O) groups excluding carboxylic acids is 1. The predicted molar refractivity (Wildman–Crippen MR) is 81.0 cm³/mol. The van der Waals surface area contributed by atoms with Crippen molar-refractivity contribution < 1.29 is 18.8 Å². The van der Waals surface area contributed by atoms with Crippen LogP contribution in [0, 0.1) is 13.8 Å². The van der Waals surface area contributed by atoms with Crippen molar-refractivity contribution in [2.75, 3.05) is 20.3 Å². The van der Waals surface area contributed by atoms with Crippen molar-refractivity contribution in [1.82, 2.24) is 10.5 Å². The van der Waals surface area contributed by atoms with E-state index in [-0.39, 0.29) is 5.91 Å². The molecule has 0 saturated carbocycles. The van der Waals surface area contributed by atoms with Gasteiger partial charge in [-0.15, -0.1) is 0 Å². The normalized spacial score (nSPS) is 10.5. The summed E-state index contributed by atoms with van der Waals surface area (Å²) in [5.74, 6) is 1.31. The Hall–Kier alpha value is -2.34. The van der Waals surface area contributed by atoms with Crippen LogP contribution in [0.2, 0.25) is 0 Å². The molecular weight excluding hydrogens is 284 g/mol. The first-order valence-electron chi connectivity index (χ1n) is 7.03. The summed E-state index contributed by atoms with van der Waals surface area (Å²) in [6.45, 7) is 5.10. The van der Waals surface area contributed by atoms with Crippen molar-refractivity contribution in [2.45, 2.75) is 20.5 Å². The lowest BCUT2D eigenvalue weighted by Gasteiger charge is -2.07. The zero-order valence-corrected chi connectivity index (χ0v) is 13.0. The molecule has 0 aliphatic rings. The van der Waals surface area contributed by atoms with E-state index in [2.05, 4.69) is 10.5 Å². The average molecular weight is 304 g/mol. The number of aryl methyl sites for hydroxylation is 2. The predicted octanol–water partition coefficient (Wildman–Crippen LogP) is 2.25. The number of methoxy groups -OCH3 is 1. The van der Waals surface area contributed by atoms with Crippen LogP contribution in [-0.4, -0.2) is 31.3 Å². The monoisotopic (exact) mass is 304 g/mol. The molecule has 0 saturated heterocycles. The minimum absolute atomic E-state index is 0.130. The highest BCUT2D eigenvalue weighted by atomic mass is 16.5. The number of ether oxygens (including phenoxy) is 2. The van der Waals surface area contributed by atoms with E-state index in [0.29, 0.717) is 31.1 Å². The molecule has 0 bridgehead atoms. The lowest BCUT2D eigenvalue weighted by Crippen LogP contribution is -2.26. The third-order valence-corrected chi connectivity index (χ3v) is 3.27. The van der Waals surface area contributed by atoms with Gasteiger partial charge in [0.2, 0.25) is 0 Å². The van der Waals surface area contributed by atoms with E-state index in [1.807, 2.05) is 13.8 Å². The number of hydrogen-bond acceptors (Lipinski definition) is 5. The number of carbonyl (C=O) groups is 1. The van der Waals surface area contributed by atoms with Gasteiger partial charge in [-0.05, 0) is 38.1 Å². The van der Waals surface area contributed by atoms with Crippen LogP contribution in [0.5, 0.6) is 5.75 Å². The maximum absolute atomic E-state index is 11.8. The first-order valence-corrected chi connectivity index (χ1v) is 7.03. The highest BCUT2D eigenvalue weighted by molar-refractivity contribution is 5.94. The summed E-state index contributed by atoms with van der Waals surface area (Å²) in [4.78, 5) is 11.8.